The molecule has 1 atom stereocenters. The molecule has 1 amide bonds. The van der Waals surface area contributed by atoms with Crippen molar-refractivity contribution in [1.82, 2.24) is 5.32 Å². The summed E-state index contributed by atoms with van der Waals surface area (Å²) in [6.07, 6.45) is -4.62. The largest absolute Gasteiger partial charge is 0.481 e. The lowest BCUT2D eigenvalue weighted by molar-refractivity contribution is -0.388. The average Bonchev–Trinajstić information content (AvgIpc) is 2.85. The first-order chi connectivity index (χ1) is 12.1. The van der Waals surface area contributed by atoms with Crippen LogP contribution >= 0.6 is 11.8 Å². The molecule has 1 unspecified atom stereocenters. The number of nitrogens with zero attached hydrogens (tertiary/aromatic N) is 3. The lowest BCUT2D eigenvalue weighted by atomic mass is 10.1. The molecule has 138 valence electrons. The highest BCUT2D eigenvalue weighted by atomic mass is 32.2. The molecule has 13 heteroatoms. The average molecular weight is 390 g/mol. The predicted molar refractivity (Wildman–Crippen MR) is 84.9 cm³/mol. The maximum absolute atomic E-state index is 12.9. The number of thioether (sulfide) groups is 1. The van der Waals surface area contributed by atoms with Crippen molar-refractivity contribution < 1.29 is 32.8 Å². The van der Waals surface area contributed by atoms with Crippen LogP contribution in [0.5, 0.6) is 0 Å². The third-order valence-electron chi connectivity index (χ3n) is 3.04. The number of carbonyl (C=O) groups is 2. The zero-order valence-corrected chi connectivity index (χ0v) is 13.4. The number of nitro benzene ring substituents is 1. The van der Waals surface area contributed by atoms with Gasteiger partial charge in [-0.2, -0.15) is 18.3 Å². The van der Waals surface area contributed by atoms with Gasteiger partial charge in [0.1, 0.15) is 10.8 Å². The molecule has 1 aromatic rings. The summed E-state index contributed by atoms with van der Waals surface area (Å²) >= 11 is 0.781. The first-order valence-corrected chi connectivity index (χ1v) is 7.62. The minimum atomic E-state index is -4.92. The van der Waals surface area contributed by atoms with Gasteiger partial charge in [0.15, 0.2) is 5.17 Å². The van der Waals surface area contributed by atoms with E-state index >= 15 is 0 Å². The number of nitrogens with one attached hydrogen (secondary N) is 1. The molecule has 0 aromatic heterocycles. The minimum Gasteiger partial charge on any atom is -0.481 e. The van der Waals surface area contributed by atoms with Gasteiger partial charge in [-0.25, -0.2) is 0 Å². The molecule has 0 bridgehead atoms. The van der Waals surface area contributed by atoms with Crippen molar-refractivity contribution in [1.29, 1.82) is 0 Å². The first-order valence-electron chi connectivity index (χ1n) is 6.74. The Balaban J connectivity index is 2.25. The van der Waals surface area contributed by atoms with Gasteiger partial charge in [-0.15, -0.1) is 5.10 Å². The van der Waals surface area contributed by atoms with Gasteiger partial charge in [-0.05, 0) is 12.1 Å². The van der Waals surface area contributed by atoms with Crippen LogP contribution in [0.3, 0.4) is 0 Å². The fourth-order valence-electron chi connectivity index (χ4n) is 1.99. The molecule has 26 heavy (non-hydrogen) atoms. The molecule has 2 N–H and O–H groups in total. The van der Waals surface area contributed by atoms with Gasteiger partial charge in [0.2, 0.25) is 5.91 Å². The summed E-state index contributed by atoms with van der Waals surface area (Å²) in [4.78, 5) is 31.9. The molecule has 1 aromatic carbocycles. The van der Waals surface area contributed by atoms with Crippen LogP contribution in [-0.2, 0) is 15.8 Å². The second-order valence-electron chi connectivity index (χ2n) is 4.84. The van der Waals surface area contributed by atoms with Crippen molar-refractivity contribution in [3.63, 3.8) is 0 Å². The van der Waals surface area contributed by atoms with Gasteiger partial charge in [0.05, 0.1) is 23.1 Å². The number of rotatable bonds is 5. The summed E-state index contributed by atoms with van der Waals surface area (Å²) in [7, 11) is 0. The van der Waals surface area contributed by atoms with Gasteiger partial charge in [-0.3, -0.25) is 19.7 Å². The number of carboxylic acids is 1. The Morgan fingerprint density at radius 3 is 2.73 bits per heavy atom. The number of amides is 1. The predicted octanol–water partition coefficient (Wildman–Crippen LogP) is 2.01. The highest BCUT2D eigenvalue weighted by Gasteiger charge is 2.39. The van der Waals surface area contributed by atoms with E-state index < -0.39 is 51.5 Å². The Bertz CT molecular complexity index is 824. The highest BCUT2D eigenvalue weighted by molar-refractivity contribution is 8.15. The van der Waals surface area contributed by atoms with Crippen molar-refractivity contribution >= 4 is 40.7 Å². The summed E-state index contributed by atoms with van der Waals surface area (Å²) in [6, 6.07) is 2.62. The first kappa shape index (κ1) is 19.4. The molecule has 0 spiro atoms. The van der Waals surface area contributed by atoms with Gasteiger partial charge < -0.3 is 10.4 Å². The smallest absolute Gasteiger partial charge is 0.423 e. The van der Waals surface area contributed by atoms with E-state index in [0.717, 1.165) is 30.1 Å². The lowest BCUT2D eigenvalue weighted by Gasteiger charge is -2.08. The maximum atomic E-state index is 12.9. The number of halogens is 3. The Labute approximate surface area is 147 Å². The lowest BCUT2D eigenvalue weighted by Crippen LogP contribution is -2.26. The third kappa shape index (κ3) is 4.56. The van der Waals surface area contributed by atoms with Crippen molar-refractivity contribution in [2.75, 3.05) is 0 Å². The molecule has 1 heterocycles. The van der Waals surface area contributed by atoms with Crippen LogP contribution in [0.15, 0.2) is 28.4 Å². The number of alkyl halides is 3. The summed E-state index contributed by atoms with van der Waals surface area (Å²) < 4.78 is 38.6. The number of amidine groups is 1. The van der Waals surface area contributed by atoms with E-state index in [9.17, 15) is 32.9 Å². The van der Waals surface area contributed by atoms with Crippen molar-refractivity contribution in [2.45, 2.75) is 17.8 Å². The third-order valence-corrected chi connectivity index (χ3v) is 4.11. The van der Waals surface area contributed by atoms with Crippen LogP contribution < -0.4 is 5.32 Å². The number of carbonyl (C=O) groups excluding carboxylic acids is 1. The Hall–Kier alpha value is -2.96. The number of nitro groups is 1. The molecule has 1 aliphatic rings. The van der Waals surface area contributed by atoms with Gasteiger partial charge >= 0.3 is 12.1 Å². The summed E-state index contributed by atoms with van der Waals surface area (Å²) in [5.74, 6) is -1.79. The van der Waals surface area contributed by atoms with Crippen LogP contribution in [0.4, 0.5) is 18.9 Å². The molecular formula is C13H9F3N4O5S. The molecule has 1 fully saturated rings. The number of benzene rings is 1. The van der Waals surface area contributed by atoms with Crippen LogP contribution in [0, 0.1) is 10.1 Å². The molecule has 0 saturated carbocycles. The highest BCUT2D eigenvalue weighted by Crippen LogP contribution is 2.37. The maximum Gasteiger partial charge on any atom is 0.423 e. The number of hydrogen-bond donors (Lipinski definition) is 2. The summed E-state index contributed by atoms with van der Waals surface area (Å²) in [5.41, 5.74) is -3.02. The molecule has 2 rings (SSSR count). The van der Waals surface area contributed by atoms with E-state index in [2.05, 4.69) is 15.5 Å². The quantitative estimate of drug-likeness (QED) is 0.449. The Morgan fingerprint density at radius 2 is 2.15 bits per heavy atom. The SMILES string of the molecule is O=C(O)CC1SC(=NN=Cc2cccc(C(F)(F)F)c2[N+](=O)[O-])NC1=O. The van der Waals surface area contributed by atoms with E-state index in [1.54, 1.807) is 0 Å². The molecule has 1 saturated heterocycles. The second-order valence-corrected chi connectivity index (χ2v) is 6.03. The van der Waals surface area contributed by atoms with Gasteiger partial charge in [0, 0.05) is 0 Å². The van der Waals surface area contributed by atoms with E-state index in [1.807, 2.05) is 0 Å². The molecule has 0 radical (unpaired) electrons. The fourth-order valence-corrected chi connectivity index (χ4v) is 2.90. The molecule has 9 nitrogen and oxygen atoms in total. The zero-order chi connectivity index (χ0) is 19.5. The number of hydrogen-bond acceptors (Lipinski definition) is 7. The Morgan fingerprint density at radius 1 is 1.46 bits per heavy atom. The topological polar surface area (TPSA) is 134 Å². The molecule has 1 aliphatic heterocycles. The van der Waals surface area contributed by atoms with Crippen molar-refractivity contribution in [3.05, 3.63) is 39.4 Å². The second kappa shape index (κ2) is 7.51. The van der Waals surface area contributed by atoms with Gasteiger partial charge in [-0.1, -0.05) is 17.8 Å². The zero-order valence-electron chi connectivity index (χ0n) is 12.6. The molecular weight excluding hydrogens is 381 g/mol. The van der Waals surface area contributed by atoms with E-state index in [1.165, 1.54) is 0 Å². The summed E-state index contributed by atoms with van der Waals surface area (Å²) in [6.45, 7) is 0. The fraction of sp³-hybridized carbons (Fsp3) is 0.231. The monoisotopic (exact) mass is 390 g/mol. The van der Waals surface area contributed by atoms with Crippen molar-refractivity contribution in [2.24, 2.45) is 10.2 Å². The number of aliphatic carboxylic acids is 1. The molecule has 0 aliphatic carbocycles. The number of carboxylic acid groups (broad SMARTS) is 1. The van der Waals surface area contributed by atoms with Crippen molar-refractivity contribution in [3.8, 4) is 0 Å². The van der Waals surface area contributed by atoms with E-state index in [-0.39, 0.29) is 5.17 Å². The Kier molecular flexibility index (Phi) is 5.59. The van der Waals surface area contributed by atoms with Crippen LogP contribution in [0.2, 0.25) is 0 Å². The van der Waals surface area contributed by atoms with E-state index in [4.69, 9.17) is 5.11 Å². The standard InChI is InChI=1S/C13H9F3N4O5S/c14-13(15,16)7-3-1-2-6(10(7)20(24)25)5-17-19-12-18-11(23)8(26-12)4-9(21)22/h1-3,5,8H,4H2,(H,21,22)(H,18,19,23). The normalized spacial score (nSPS) is 19.1. The minimum absolute atomic E-state index is 0.0628. The van der Waals surface area contributed by atoms with Crippen LogP contribution in [0.1, 0.15) is 17.5 Å². The summed E-state index contributed by atoms with van der Waals surface area (Å²) in [5, 5.41) is 27.9. The van der Waals surface area contributed by atoms with E-state index in [0.29, 0.717) is 6.07 Å². The number of para-hydroxylation sites is 1. The van der Waals surface area contributed by atoms with Gasteiger partial charge in [0.25, 0.3) is 5.69 Å². The van der Waals surface area contributed by atoms with Crippen LogP contribution in [0.25, 0.3) is 0 Å². The van der Waals surface area contributed by atoms with Crippen LogP contribution in [-0.4, -0.2) is 38.5 Å².